The number of nitrogens with zero attached hydrogens (tertiary/aromatic N) is 6. The summed E-state index contributed by atoms with van der Waals surface area (Å²) in [6.45, 7) is 17.9. The van der Waals surface area contributed by atoms with Gasteiger partial charge in [0.15, 0.2) is 0 Å². The number of nitrogens with one attached hydrogen (secondary N) is 2. The minimum atomic E-state index is 0. The van der Waals surface area contributed by atoms with Crippen LogP contribution in [-0.2, 0) is 53.9 Å². The van der Waals surface area contributed by atoms with E-state index in [1.54, 1.807) is 0 Å². The molecule has 2 N–H and O–H groups in total. The van der Waals surface area contributed by atoms with Gasteiger partial charge in [-0.2, -0.15) is 0 Å². The summed E-state index contributed by atoms with van der Waals surface area (Å²) >= 11 is 0. The molecule has 0 saturated carbocycles. The fraction of sp³-hybridized carbons (Fsp3) is 0.786. The molecule has 0 bridgehead atoms. The van der Waals surface area contributed by atoms with E-state index in [1.165, 1.54) is 11.1 Å². The van der Waals surface area contributed by atoms with Crippen molar-refractivity contribution in [2.24, 2.45) is 0 Å². The smallest absolute Gasteiger partial charge is 0.661 e. The largest absolute Gasteiger partial charge is 2.00 e. The maximum Gasteiger partial charge on any atom is 2.00 e. The van der Waals surface area contributed by atoms with Crippen molar-refractivity contribution >= 4 is 0 Å². The molecule has 3 rings (SSSR count). The van der Waals surface area contributed by atoms with Gasteiger partial charge in [-0.3, -0.25) is 0 Å². The molecule has 10 heteroatoms. The molecule has 1 aromatic carbocycles. The monoisotopic (exact) mass is 710 g/mol. The third-order valence-corrected chi connectivity index (χ3v) is 6.80. The minimum Gasteiger partial charge on any atom is -0.661 e. The summed E-state index contributed by atoms with van der Waals surface area (Å²) in [6.07, 6.45) is 4.50. The van der Waals surface area contributed by atoms with Crippen LogP contribution in [0.5, 0.6) is 0 Å². The molecule has 2 fully saturated rings. The first-order chi connectivity index (χ1) is 17.9. The zero-order valence-corrected chi connectivity index (χ0v) is 26.3. The van der Waals surface area contributed by atoms with Crippen LogP contribution in [0.15, 0.2) is 24.3 Å². The first-order valence-corrected chi connectivity index (χ1v) is 14.4. The molecule has 0 spiro atoms. The van der Waals surface area contributed by atoms with E-state index in [1.807, 2.05) is 0 Å². The van der Waals surface area contributed by atoms with Gasteiger partial charge in [0, 0.05) is 13.1 Å². The normalized spacial score (nSPS) is 21.7. The molecule has 2 aliphatic rings. The van der Waals surface area contributed by atoms with Gasteiger partial charge in [-0.1, -0.05) is 49.9 Å². The molecule has 0 aromatic heterocycles. The van der Waals surface area contributed by atoms with E-state index in [0.29, 0.717) is 0 Å². The van der Waals surface area contributed by atoms with Gasteiger partial charge >= 0.3 is 40.8 Å². The van der Waals surface area contributed by atoms with Crippen molar-refractivity contribution < 1.29 is 40.8 Å². The average Bonchev–Trinajstić information content (AvgIpc) is 2.89. The van der Waals surface area contributed by atoms with Gasteiger partial charge in [0.05, 0.1) is 0 Å². The molecule has 2 aliphatic heterocycles. The zero-order valence-electron chi connectivity index (χ0n) is 23.2. The van der Waals surface area contributed by atoms with Crippen molar-refractivity contribution in [1.29, 1.82) is 0 Å². The van der Waals surface area contributed by atoms with E-state index in [0.717, 1.165) is 143 Å². The SMILES string of the molecule is [Pd+2].[Pd+2].c1cc(CN2CCC[N-]CCNCCC[N-]CC2)ccc1CN1CCC[N-]CCNCCC[N-]CC1. The second-order valence-corrected chi connectivity index (χ2v) is 9.97. The third kappa shape index (κ3) is 17.8. The summed E-state index contributed by atoms with van der Waals surface area (Å²) in [5.41, 5.74) is 2.79. The fourth-order valence-electron chi connectivity index (χ4n) is 4.69. The van der Waals surface area contributed by atoms with Crippen LogP contribution in [0.4, 0.5) is 0 Å². The number of hydrogen-bond donors (Lipinski definition) is 2. The first kappa shape index (κ1) is 36.3. The molecule has 222 valence electrons. The molecule has 2 saturated heterocycles. The molecular weight excluding hydrogens is 661 g/mol. The topological polar surface area (TPSA) is 86.9 Å². The summed E-state index contributed by atoms with van der Waals surface area (Å²) in [7, 11) is 0. The second-order valence-electron chi connectivity index (χ2n) is 9.97. The third-order valence-electron chi connectivity index (χ3n) is 6.80. The van der Waals surface area contributed by atoms with Gasteiger partial charge in [0.25, 0.3) is 0 Å². The number of benzene rings is 1. The maximum atomic E-state index is 4.75. The Balaban J connectivity index is 0.00000361. The van der Waals surface area contributed by atoms with Crippen molar-refractivity contribution in [2.45, 2.75) is 38.8 Å². The molecule has 0 radical (unpaired) electrons. The van der Waals surface area contributed by atoms with E-state index in [9.17, 15) is 0 Å². The second kappa shape index (κ2) is 25.0. The van der Waals surface area contributed by atoms with Gasteiger partial charge in [0.1, 0.15) is 0 Å². The van der Waals surface area contributed by atoms with Crippen molar-refractivity contribution in [3.63, 3.8) is 0 Å². The van der Waals surface area contributed by atoms with E-state index < -0.39 is 0 Å². The Hall–Kier alpha value is 0.225. The molecular formula is C28H50N8Pd2. The maximum absolute atomic E-state index is 4.75. The molecule has 38 heavy (non-hydrogen) atoms. The summed E-state index contributed by atoms with van der Waals surface area (Å²) in [5, 5.41) is 25.8. The molecule has 0 atom stereocenters. The van der Waals surface area contributed by atoms with Crippen LogP contribution in [0.25, 0.3) is 21.3 Å². The number of rotatable bonds is 4. The van der Waals surface area contributed by atoms with E-state index in [4.69, 9.17) is 10.6 Å². The van der Waals surface area contributed by atoms with Gasteiger partial charge in [0.2, 0.25) is 0 Å². The zero-order chi connectivity index (χ0) is 24.9. The van der Waals surface area contributed by atoms with Crippen molar-refractivity contribution in [1.82, 2.24) is 20.4 Å². The van der Waals surface area contributed by atoms with Crippen molar-refractivity contribution in [3.8, 4) is 0 Å². The van der Waals surface area contributed by atoms with Gasteiger partial charge in [-0.05, 0) is 63.5 Å². The molecule has 1 aromatic rings. The standard InChI is InChI=1S/C28H50N8.2Pd/c1-9-29-15-17-31-13-3-21-35(23-19-33-11-1)25-27-5-7-28(8-6-27)26-36-22-4-14-32-18-16-30-10-2-12-34-20-24-36;;/h5-8,29-30H,1-4,9-26H2;;/q-4;2*+2. The molecule has 0 amide bonds. The average molecular weight is 712 g/mol. The molecule has 0 unspecified atom stereocenters. The Bertz CT molecular complexity index is 569. The molecule has 0 aliphatic carbocycles. The Morgan fingerprint density at radius 1 is 0.474 bits per heavy atom. The Morgan fingerprint density at radius 3 is 1.32 bits per heavy atom. The van der Waals surface area contributed by atoms with E-state index >= 15 is 0 Å². The predicted octanol–water partition coefficient (Wildman–Crippen LogP) is 3.55. The van der Waals surface area contributed by atoms with Crippen LogP contribution in [0.3, 0.4) is 0 Å². The van der Waals surface area contributed by atoms with Gasteiger partial charge < -0.3 is 41.7 Å². The van der Waals surface area contributed by atoms with Crippen molar-refractivity contribution in [3.05, 3.63) is 56.7 Å². The van der Waals surface area contributed by atoms with Crippen LogP contribution in [-0.4, -0.2) is 115 Å². The quantitative estimate of drug-likeness (QED) is 0.469. The summed E-state index contributed by atoms with van der Waals surface area (Å²) in [5.74, 6) is 0. The van der Waals surface area contributed by atoms with E-state index in [-0.39, 0.29) is 40.8 Å². The van der Waals surface area contributed by atoms with Crippen LogP contribution in [0, 0.1) is 0 Å². The fourth-order valence-corrected chi connectivity index (χ4v) is 4.69. The summed E-state index contributed by atoms with van der Waals surface area (Å²) < 4.78 is 0. The van der Waals surface area contributed by atoms with Crippen LogP contribution in [0.2, 0.25) is 0 Å². The van der Waals surface area contributed by atoms with Crippen LogP contribution in [0.1, 0.15) is 36.8 Å². The summed E-state index contributed by atoms with van der Waals surface area (Å²) in [4.78, 5) is 5.11. The number of hydrogen-bond acceptors (Lipinski definition) is 4. The van der Waals surface area contributed by atoms with Crippen molar-refractivity contribution in [2.75, 3.05) is 105 Å². The van der Waals surface area contributed by atoms with Crippen LogP contribution < -0.4 is 10.6 Å². The Labute approximate surface area is 260 Å². The Morgan fingerprint density at radius 2 is 0.868 bits per heavy atom. The van der Waals surface area contributed by atoms with Gasteiger partial charge in [-0.15, -0.1) is 52.4 Å². The van der Waals surface area contributed by atoms with Crippen LogP contribution >= 0.6 is 0 Å². The predicted molar refractivity (Wildman–Crippen MR) is 154 cm³/mol. The molecule has 2 heterocycles. The van der Waals surface area contributed by atoms with Gasteiger partial charge in [-0.25, -0.2) is 0 Å². The minimum absolute atomic E-state index is 0. The van der Waals surface area contributed by atoms with E-state index in [2.05, 4.69) is 55.3 Å². The first-order valence-electron chi connectivity index (χ1n) is 14.4. The Kier molecular flexibility index (Phi) is 23.8. The summed E-state index contributed by atoms with van der Waals surface area (Å²) in [6, 6.07) is 9.30. The molecule has 8 nitrogen and oxygen atoms in total.